The van der Waals surface area contributed by atoms with E-state index in [0.717, 1.165) is 38.1 Å². The molecule has 116 valence electrons. The highest BCUT2D eigenvalue weighted by molar-refractivity contribution is 9.10. The maximum atomic E-state index is 12.7. The molecule has 1 aliphatic heterocycles. The first-order valence-electron chi connectivity index (χ1n) is 6.73. The number of amides is 1. The van der Waals surface area contributed by atoms with Crippen molar-refractivity contribution in [3.63, 3.8) is 0 Å². The number of piperidine rings is 1. The van der Waals surface area contributed by atoms with E-state index in [9.17, 15) is 18.0 Å². The quantitative estimate of drug-likeness (QED) is 0.864. The van der Waals surface area contributed by atoms with Crippen LogP contribution in [-0.4, -0.2) is 25.5 Å². The molecule has 7 heteroatoms. The van der Waals surface area contributed by atoms with E-state index >= 15 is 0 Å². The van der Waals surface area contributed by atoms with Gasteiger partial charge in [-0.15, -0.1) is 0 Å². The standard InChI is InChI=1S/C14H16BrF3N2O/c15-12-4-3-10(14(16,17)18)6-11(12)13(21)20-8-9-2-1-5-19-7-9/h3-4,6,9,19H,1-2,5,7-8H2,(H,20,21). The van der Waals surface area contributed by atoms with Crippen molar-refractivity contribution in [2.45, 2.75) is 19.0 Å². The summed E-state index contributed by atoms with van der Waals surface area (Å²) in [5.41, 5.74) is -0.816. The Labute approximate surface area is 129 Å². The summed E-state index contributed by atoms with van der Waals surface area (Å²) in [7, 11) is 0. The van der Waals surface area contributed by atoms with Gasteiger partial charge in [0.25, 0.3) is 5.91 Å². The lowest BCUT2D eigenvalue weighted by molar-refractivity contribution is -0.137. The summed E-state index contributed by atoms with van der Waals surface area (Å²) in [4.78, 5) is 12.1. The Morgan fingerprint density at radius 3 is 2.81 bits per heavy atom. The summed E-state index contributed by atoms with van der Waals surface area (Å²) in [6.07, 6.45) is -2.39. The minimum Gasteiger partial charge on any atom is -0.352 e. The average Bonchev–Trinajstić information content (AvgIpc) is 2.45. The van der Waals surface area contributed by atoms with E-state index in [1.165, 1.54) is 6.07 Å². The van der Waals surface area contributed by atoms with Crippen LogP contribution in [0.5, 0.6) is 0 Å². The molecule has 1 amide bonds. The van der Waals surface area contributed by atoms with Crippen LogP contribution < -0.4 is 10.6 Å². The molecule has 0 spiro atoms. The fourth-order valence-corrected chi connectivity index (χ4v) is 2.73. The Morgan fingerprint density at radius 2 is 2.19 bits per heavy atom. The molecular formula is C14H16BrF3N2O. The third-order valence-corrected chi connectivity index (χ3v) is 4.18. The van der Waals surface area contributed by atoms with E-state index in [0.29, 0.717) is 16.9 Å². The van der Waals surface area contributed by atoms with Gasteiger partial charge in [0, 0.05) is 11.0 Å². The van der Waals surface area contributed by atoms with Gasteiger partial charge in [0.15, 0.2) is 0 Å². The lowest BCUT2D eigenvalue weighted by Gasteiger charge is -2.23. The van der Waals surface area contributed by atoms with Crippen molar-refractivity contribution in [2.24, 2.45) is 5.92 Å². The molecule has 2 rings (SSSR count). The van der Waals surface area contributed by atoms with Gasteiger partial charge in [0.1, 0.15) is 0 Å². The van der Waals surface area contributed by atoms with Crippen LogP contribution in [0.3, 0.4) is 0 Å². The van der Waals surface area contributed by atoms with E-state index in [2.05, 4.69) is 26.6 Å². The van der Waals surface area contributed by atoms with Crippen molar-refractivity contribution in [1.82, 2.24) is 10.6 Å². The summed E-state index contributed by atoms with van der Waals surface area (Å²) in [6, 6.07) is 3.07. The second-order valence-corrected chi connectivity index (χ2v) is 5.97. The second-order valence-electron chi connectivity index (χ2n) is 5.11. The summed E-state index contributed by atoms with van der Waals surface area (Å²) in [5.74, 6) is -0.161. The Hall–Kier alpha value is -1.08. The molecule has 3 nitrogen and oxygen atoms in total. The average molecular weight is 365 g/mol. The fourth-order valence-electron chi connectivity index (χ4n) is 2.31. The molecule has 1 saturated heterocycles. The van der Waals surface area contributed by atoms with E-state index in [1.54, 1.807) is 0 Å². The molecule has 1 fully saturated rings. The number of carbonyl (C=O) groups excluding carboxylic acids is 1. The third kappa shape index (κ3) is 4.44. The van der Waals surface area contributed by atoms with Gasteiger partial charge in [-0.05, 0) is 66.0 Å². The van der Waals surface area contributed by atoms with Crippen molar-refractivity contribution in [2.75, 3.05) is 19.6 Å². The molecule has 1 unspecified atom stereocenters. The van der Waals surface area contributed by atoms with Gasteiger partial charge in [0.2, 0.25) is 0 Å². The fraction of sp³-hybridized carbons (Fsp3) is 0.500. The molecule has 0 aromatic heterocycles. The summed E-state index contributed by atoms with van der Waals surface area (Å²) in [6.45, 7) is 2.27. The number of nitrogens with one attached hydrogen (secondary N) is 2. The third-order valence-electron chi connectivity index (χ3n) is 3.49. The SMILES string of the molecule is O=C(NCC1CCCNC1)c1cc(C(F)(F)F)ccc1Br. The van der Waals surface area contributed by atoms with Crippen LogP contribution >= 0.6 is 15.9 Å². The lowest BCUT2D eigenvalue weighted by Crippen LogP contribution is -2.38. The maximum absolute atomic E-state index is 12.7. The van der Waals surface area contributed by atoms with Crippen molar-refractivity contribution >= 4 is 21.8 Å². The molecule has 21 heavy (non-hydrogen) atoms. The minimum atomic E-state index is -4.46. The number of hydrogen-bond donors (Lipinski definition) is 2. The van der Waals surface area contributed by atoms with Crippen LogP contribution in [-0.2, 0) is 6.18 Å². The van der Waals surface area contributed by atoms with Crippen LogP contribution in [0, 0.1) is 5.92 Å². The first-order chi connectivity index (χ1) is 9.88. The molecule has 1 heterocycles. The predicted octanol–water partition coefficient (Wildman–Crippen LogP) is 3.20. The molecule has 1 aromatic carbocycles. The lowest BCUT2D eigenvalue weighted by atomic mass is 9.99. The molecule has 0 radical (unpaired) electrons. The molecule has 1 atom stereocenters. The molecule has 1 aliphatic rings. The predicted molar refractivity (Wildman–Crippen MR) is 77.1 cm³/mol. The van der Waals surface area contributed by atoms with E-state index < -0.39 is 17.6 Å². The second kappa shape index (κ2) is 6.79. The summed E-state index contributed by atoms with van der Waals surface area (Å²) < 4.78 is 38.4. The number of hydrogen-bond acceptors (Lipinski definition) is 2. The van der Waals surface area contributed by atoms with E-state index in [-0.39, 0.29) is 5.56 Å². The van der Waals surface area contributed by atoms with Crippen LogP contribution in [0.15, 0.2) is 22.7 Å². The molecule has 2 N–H and O–H groups in total. The van der Waals surface area contributed by atoms with Crippen molar-refractivity contribution < 1.29 is 18.0 Å². The van der Waals surface area contributed by atoms with Gasteiger partial charge in [0.05, 0.1) is 11.1 Å². The maximum Gasteiger partial charge on any atom is 0.416 e. The molecule has 1 aromatic rings. The van der Waals surface area contributed by atoms with Gasteiger partial charge in [-0.3, -0.25) is 4.79 Å². The minimum absolute atomic E-state index is 0.00796. The van der Waals surface area contributed by atoms with Crippen LogP contribution in [0.4, 0.5) is 13.2 Å². The first-order valence-corrected chi connectivity index (χ1v) is 7.53. The topological polar surface area (TPSA) is 41.1 Å². The largest absolute Gasteiger partial charge is 0.416 e. The van der Waals surface area contributed by atoms with E-state index in [4.69, 9.17) is 0 Å². The summed E-state index contributed by atoms with van der Waals surface area (Å²) >= 11 is 3.12. The van der Waals surface area contributed by atoms with Gasteiger partial charge in [-0.25, -0.2) is 0 Å². The van der Waals surface area contributed by atoms with Crippen molar-refractivity contribution in [3.8, 4) is 0 Å². The number of rotatable bonds is 3. The smallest absolute Gasteiger partial charge is 0.352 e. The highest BCUT2D eigenvalue weighted by Crippen LogP contribution is 2.31. The van der Waals surface area contributed by atoms with Crippen LogP contribution in [0.25, 0.3) is 0 Å². The Balaban J connectivity index is 2.04. The van der Waals surface area contributed by atoms with Crippen LogP contribution in [0.2, 0.25) is 0 Å². The Kier molecular flexibility index (Phi) is 5.27. The summed E-state index contributed by atoms with van der Waals surface area (Å²) in [5, 5.41) is 5.94. The van der Waals surface area contributed by atoms with Gasteiger partial charge < -0.3 is 10.6 Å². The zero-order chi connectivity index (χ0) is 15.5. The van der Waals surface area contributed by atoms with E-state index in [1.807, 2.05) is 0 Å². The Bertz CT molecular complexity index is 513. The molecule has 0 saturated carbocycles. The molecule has 0 bridgehead atoms. The highest BCUT2D eigenvalue weighted by Gasteiger charge is 2.31. The number of carbonyl (C=O) groups is 1. The molecule has 0 aliphatic carbocycles. The zero-order valence-corrected chi connectivity index (χ0v) is 12.9. The highest BCUT2D eigenvalue weighted by atomic mass is 79.9. The monoisotopic (exact) mass is 364 g/mol. The number of halogens is 4. The first kappa shape index (κ1) is 16.3. The molecular weight excluding hydrogens is 349 g/mol. The van der Waals surface area contributed by atoms with Gasteiger partial charge >= 0.3 is 6.18 Å². The Morgan fingerprint density at radius 1 is 1.43 bits per heavy atom. The number of alkyl halides is 3. The number of benzene rings is 1. The van der Waals surface area contributed by atoms with Gasteiger partial charge in [-0.2, -0.15) is 13.2 Å². The van der Waals surface area contributed by atoms with Crippen LogP contribution in [0.1, 0.15) is 28.8 Å². The van der Waals surface area contributed by atoms with Crippen molar-refractivity contribution in [3.05, 3.63) is 33.8 Å². The normalized spacial score (nSPS) is 19.3. The van der Waals surface area contributed by atoms with Crippen molar-refractivity contribution in [1.29, 1.82) is 0 Å². The van der Waals surface area contributed by atoms with Gasteiger partial charge in [-0.1, -0.05) is 0 Å². The zero-order valence-electron chi connectivity index (χ0n) is 11.3.